The van der Waals surface area contributed by atoms with Crippen LogP contribution in [0.1, 0.15) is 88.4 Å². The maximum absolute atomic E-state index is 15.9. The van der Waals surface area contributed by atoms with Crippen molar-refractivity contribution in [3.8, 4) is 0 Å². The summed E-state index contributed by atoms with van der Waals surface area (Å²) in [5.41, 5.74) is -1.58. The molecule has 8 heteroatoms. The average molecular weight is 620 g/mol. The van der Waals surface area contributed by atoms with Crippen molar-refractivity contribution >= 4 is 32.6 Å². The van der Waals surface area contributed by atoms with E-state index >= 15 is 4.39 Å². The summed E-state index contributed by atoms with van der Waals surface area (Å²) in [5.74, 6) is 0. The maximum atomic E-state index is 15.9. The number of rotatable bonds is 14. The van der Waals surface area contributed by atoms with Gasteiger partial charge in [-0.05, 0) is 0 Å². The van der Waals surface area contributed by atoms with Gasteiger partial charge in [0.05, 0.1) is 0 Å². The van der Waals surface area contributed by atoms with E-state index in [2.05, 4.69) is 25.8 Å². The van der Waals surface area contributed by atoms with Crippen molar-refractivity contribution in [1.29, 1.82) is 0 Å². The molecule has 0 unspecified atom stereocenters. The zero-order valence-electron chi connectivity index (χ0n) is 21.2. The monoisotopic (exact) mass is 621 g/mol. The SMILES string of the molecule is CCC[CH2][Sn]([CH2]CCC)([CH2]CCC)[c]1sc(C2(F)CC(OCc3ccccc3)C2)nc1C(F)(F)F. The van der Waals surface area contributed by atoms with Gasteiger partial charge in [-0.3, -0.25) is 0 Å². The fourth-order valence-corrected chi connectivity index (χ4v) is 25.9. The summed E-state index contributed by atoms with van der Waals surface area (Å²) in [5, 5.41) is 0.0324. The van der Waals surface area contributed by atoms with Gasteiger partial charge in [-0.15, -0.1) is 0 Å². The normalized spacial score (nSPS) is 20.7. The number of halogens is 4. The predicted molar refractivity (Wildman–Crippen MR) is 139 cm³/mol. The second-order valence-corrected chi connectivity index (χ2v) is 25.1. The summed E-state index contributed by atoms with van der Waals surface area (Å²) in [6.07, 6.45) is 1.07. The van der Waals surface area contributed by atoms with E-state index in [9.17, 15) is 13.2 Å². The molecule has 1 aliphatic carbocycles. The topological polar surface area (TPSA) is 22.1 Å². The molecule has 2 aromatic rings. The third kappa shape index (κ3) is 7.22. The Labute approximate surface area is 215 Å². The van der Waals surface area contributed by atoms with Crippen molar-refractivity contribution in [1.82, 2.24) is 4.98 Å². The number of hydrogen-bond acceptors (Lipinski definition) is 3. The van der Waals surface area contributed by atoms with Crippen LogP contribution in [0.25, 0.3) is 0 Å². The van der Waals surface area contributed by atoms with Gasteiger partial charge in [-0.1, -0.05) is 0 Å². The van der Waals surface area contributed by atoms with Gasteiger partial charge < -0.3 is 0 Å². The molecule has 1 aromatic heterocycles. The summed E-state index contributed by atoms with van der Waals surface area (Å²) < 4.78 is 67.7. The Morgan fingerprint density at radius 1 is 0.971 bits per heavy atom. The van der Waals surface area contributed by atoms with Crippen LogP contribution >= 0.6 is 11.3 Å². The molecule has 3 rings (SSSR count). The van der Waals surface area contributed by atoms with E-state index in [-0.39, 0.29) is 24.0 Å². The van der Waals surface area contributed by atoms with Crippen molar-refractivity contribution in [2.75, 3.05) is 0 Å². The summed E-state index contributed by atoms with van der Waals surface area (Å²) in [6, 6.07) is 9.65. The molecule has 2 nitrogen and oxygen atoms in total. The number of thiazole rings is 1. The van der Waals surface area contributed by atoms with Crippen molar-refractivity contribution in [3.05, 3.63) is 46.6 Å². The Morgan fingerprint density at radius 3 is 2.00 bits per heavy atom. The summed E-state index contributed by atoms with van der Waals surface area (Å²) in [6.45, 7) is 6.67. The van der Waals surface area contributed by atoms with E-state index < -0.39 is 35.9 Å². The Balaban J connectivity index is 1.87. The third-order valence-corrected chi connectivity index (χ3v) is 26.7. The van der Waals surface area contributed by atoms with Crippen molar-refractivity contribution < 1.29 is 22.3 Å². The molecular formula is C27H39F4NOSSn. The minimum atomic E-state index is -4.54. The molecular weight excluding hydrogens is 581 g/mol. The zero-order valence-corrected chi connectivity index (χ0v) is 24.9. The van der Waals surface area contributed by atoms with E-state index in [0.717, 1.165) is 68.7 Å². The molecule has 0 radical (unpaired) electrons. The molecule has 0 N–H and O–H groups in total. The predicted octanol–water partition coefficient (Wildman–Crippen LogP) is 8.76. The molecule has 0 amide bonds. The fraction of sp³-hybridized carbons (Fsp3) is 0.667. The number of alkyl halides is 4. The van der Waals surface area contributed by atoms with E-state index in [0.29, 0.717) is 9.50 Å². The van der Waals surface area contributed by atoms with Gasteiger partial charge >= 0.3 is 216 Å². The van der Waals surface area contributed by atoms with Crippen LogP contribution < -0.4 is 2.89 Å². The Hall–Kier alpha value is -0.671. The van der Waals surface area contributed by atoms with Crippen LogP contribution in [-0.2, 0) is 23.2 Å². The molecule has 1 heterocycles. The number of ether oxygens (including phenoxy) is 1. The molecule has 0 aliphatic heterocycles. The molecule has 1 aliphatic rings. The molecule has 0 bridgehead atoms. The Kier molecular flexibility index (Phi) is 10.5. The van der Waals surface area contributed by atoms with Gasteiger partial charge in [-0.2, -0.15) is 0 Å². The van der Waals surface area contributed by atoms with Crippen LogP contribution in [0.5, 0.6) is 0 Å². The molecule has 1 saturated carbocycles. The van der Waals surface area contributed by atoms with Gasteiger partial charge in [0.15, 0.2) is 0 Å². The van der Waals surface area contributed by atoms with E-state index in [1.807, 2.05) is 30.3 Å². The molecule has 0 saturated heterocycles. The van der Waals surface area contributed by atoms with Crippen molar-refractivity contribution in [3.63, 3.8) is 0 Å². The van der Waals surface area contributed by atoms with Crippen LogP contribution in [0.3, 0.4) is 0 Å². The van der Waals surface area contributed by atoms with Crippen molar-refractivity contribution in [2.24, 2.45) is 0 Å². The summed E-state index contributed by atoms with van der Waals surface area (Å²) in [4.78, 5) is 4.03. The Morgan fingerprint density at radius 2 is 1.51 bits per heavy atom. The third-order valence-electron chi connectivity index (χ3n) is 7.22. The number of hydrogen-bond donors (Lipinski definition) is 0. The van der Waals surface area contributed by atoms with Gasteiger partial charge in [0, 0.05) is 0 Å². The first kappa shape index (κ1) is 28.9. The van der Waals surface area contributed by atoms with Crippen LogP contribution in [0.2, 0.25) is 13.3 Å². The van der Waals surface area contributed by atoms with E-state index in [1.165, 1.54) is 0 Å². The van der Waals surface area contributed by atoms with Crippen LogP contribution in [-0.4, -0.2) is 29.5 Å². The van der Waals surface area contributed by atoms with E-state index in [4.69, 9.17) is 4.74 Å². The first-order valence-electron chi connectivity index (χ1n) is 13.1. The molecule has 0 atom stereocenters. The first-order valence-corrected chi connectivity index (χ1v) is 21.4. The second kappa shape index (κ2) is 12.7. The van der Waals surface area contributed by atoms with Crippen LogP contribution in [0.15, 0.2) is 30.3 Å². The summed E-state index contributed by atoms with van der Waals surface area (Å²) >= 11 is -2.36. The van der Waals surface area contributed by atoms with Gasteiger partial charge in [0.1, 0.15) is 0 Å². The van der Waals surface area contributed by atoms with E-state index in [1.54, 1.807) is 0 Å². The van der Waals surface area contributed by atoms with Gasteiger partial charge in [0.2, 0.25) is 0 Å². The second-order valence-electron chi connectivity index (χ2n) is 10.1. The quantitative estimate of drug-likeness (QED) is 0.156. The van der Waals surface area contributed by atoms with Crippen molar-refractivity contribution in [2.45, 2.75) is 110 Å². The molecule has 0 spiro atoms. The average Bonchev–Trinajstić information content (AvgIpc) is 3.29. The minimum absolute atomic E-state index is 0.0324. The number of nitrogens with zero attached hydrogens (tertiary/aromatic N) is 1. The molecule has 1 fully saturated rings. The van der Waals surface area contributed by atoms with Crippen LogP contribution in [0, 0.1) is 0 Å². The van der Waals surface area contributed by atoms with Crippen LogP contribution in [0.4, 0.5) is 17.6 Å². The number of unbranched alkanes of at least 4 members (excludes halogenated alkanes) is 3. The van der Waals surface area contributed by atoms with Gasteiger partial charge in [-0.25, -0.2) is 0 Å². The molecule has 1 aromatic carbocycles. The zero-order chi connectivity index (χ0) is 25.5. The molecule has 35 heavy (non-hydrogen) atoms. The fourth-order valence-electron chi connectivity index (χ4n) is 5.07. The number of benzene rings is 1. The summed E-state index contributed by atoms with van der Waals surface area (Å²) in [7, 11) is 0. The first-order chi connectivity index (χ1) is 16.7. The van der Waals surface area contributed by atoms with Gasteiger partial charge in [0.25, 0.3) is 0 Å². The molecule has 196 valence electrons. The Bertz CT molecular complexity index is 890. The standard InChI is InChI=1S/C15H12F4NOS.3C4H9.Sn/c16-14(13-20-12(9-22-13)15(17,18)19)6-11(7-14)21-8-10-4-2-1-3-5-10;3*1-3-4-2;/h1-5,11H,6-8H2;3*1,3-4H2,2H3;. The number of aromatic nitrogens is 1.